The first-order valence-corrected chi connectivity index (χ1v) is 7.78. The quantitative estimate of drug-likeness (QED) is 0.550. The predicted octanol–water partition coefficient (Wildman–Crippen LogP) is 1.52. The molecule has 0 aliphatic heterocycles. The number of carbonyl (C=O) groups excluding carboxylic acids is 1. The van der Waals surface area contributed by atoms with E-state index in [0.717, 1.165) is 17.0 Å². The van der Waals surface area contributed by atoms with Crippen molar-refractivity contribution in [3.8, 4) is 11.5 Å². The zero-order valence-electron chi connectivity index (χ0n) is 14.8. The molecule has 9 nitrogen and oxygen atoms in total. The number of hydrazone groups is 1. The molecule has 134 valence electrons. The first kappa shape index (κ1) is 17.3. The largest absolute Gasteiger partial charge is 0.493 e. The van der Waals surface area contributed by atoms with E-state index in [1.54, 1.807) is 32.4 Å². The first-order chi connectivity index (χ1) is 12.5. The van der Waals surface area contributed by atoms with Crippen molar-refractivity contribution in [3.05, 3.63) is 47.0 Å². The van der Waals surface area contributed by atoms with Crippen LogP contribution in [-0.4, -0.2) is 45.9 Å². The van der Waals surface area contributed by atoms with Crippen LogP contribution in [0, 0.1) is 13.8 Å². The lowest BCUT2D eigenvalue weighted by Gasteiger charge is -2.07. The van der Waals surface area contributed by atoms with E-state index in [1.165, 1.54) is 10.7 Å². The summed E-state index contributed by atoms with van der Waals surface area (Å²) >= 11 is 0. The molecule has 0 bridgehead atoms. The van der Waals surface area contributed by atoms with Gasteiger partial charge in [-0.1, -0.05) is 0 Å². The van der Waals surface area contributed by atoms with E-state index in [2.05, 4.69) is 25.6 Å². The number of nitrogens with zero attached hydrogens (tertiary/aromatic N) is 5. The second-order valence-electron chi connectivity index (χ2n) is 5.50. The molecule has 1 amide bonds. The van der Waals surface area contributed by atoms with Crippen LogP contribution in [0.4, 0.5) is 0 Å². The molecule has 0 fully saturated rings. The highest BCUT2D eigenvalue weighted by atomic mass is 16.5. The van der Waals surface area contributed by atoms with E-state index in [9.17, 15) is 4.79 Å². The summed E-state index contributed by atoms with van der Waals surface area (Å²) in [6, 6.07) is 7.14. The van der Waals surface area contributed by atoms with Crippen LogP contribution in [0.3, 0.4) is 0 Å². The smallest absolute Gasteiger partial charge is 0.311 e. The molecule has 0 atom stereocenters. The summed E-state index contributed by atoms with van der Waals surface area (Å²) in [5.74, 6) is 1.03. The summed E-state index contributed by atoms with van der Waals surface area (Å²) in [7, 11) is 3.11. The molecule has 2 aromatic heterocycles. The lowest BCUT2D eigenvalue weighted by molar-refractivity contribution is 0.0945. The summed E-state index contributed by atoms with van der Waals surface area (Å²) < 4.78 is 11.9. The SMILES string of the molecule is COc1ccc(/C=N\NC(=O)c2nc3nc(C)cc(C)n3n2)cc1OC. The van der Waals surface area contributed by atoms with E-state index in [0.29, 0.717) is 17.3 Å². The molecule has 1 aromatic carbocycles. The molecule has 2 heterocycles. The maximum atomic E-state index is 12.2. The fourth-order valence-corrected chi connectivity index (χ4v) is 2.41. The van der Waals surface area contributed by atoms with Crippen LogP contribution in [0.1, 0.15) is 27.6 Å². The van der Waals surface area contributed by atoms with Crippen molar-refractivity contribution < 1.29 is 14.3 Å². The minimum absolute atomic E-state index is 0.00402. The van der Waals surface area contributed by atoms with Crippen molar-refractivity contribution >= 4 is 17.9 Å². The molecule has 0 unspecified atom stereocenters. The van der Waals surface area contributed by atoms with Gasteiger partial charge in [-0.15, -0.1) is 5.10 Å². The highest BCUT2D eigenvalue weighted by Gasteiger charge is 2.14. The average molecular weight is 354 g/mol. The maximum Gasteiger partial charge on any atom is 0.311 e. The Balaban J connectivity index is 1.74. The highest BCUT2D eigenvalue weighted by molar-refractivity contribution is 5.91. The van der Waals surface area contributed by atoms with Crippen molar-refractivity contribution in [1.29, 1.82) is 0 Å². The number of carbonyl (C=O) groups is 1. The number of aromatic nitrogens is 4. The third-order valence-electron chi connectivity index (χ3n) is 3.61. The molecular formula is C17H18N6O3. The second-order valence-corrected chi connectivity index (χ2v) is 5.50. The predicted molar refractivity (Wildman–Crippen MR) is 94.9 cm³/mol. The van der Waals surface area contributed by atoms with Crippen LogP contribution in [0.5, 0.6) is 11.5 Å². The lowest BCUT2D eigenvalue weighted by Crippen LogP contribution is -2.19. The molecule has 0 saturated carbocycles. The zero-order valence-corrected chi connectivity index (χ0v) is 14.8. The van der Waals surface area contributed by atoms with Crippen LogP contribution < -0.4 is 14.9 Å². The van der Waals surface area contributed by atoms with Gasteiger partial charge in [0.2, 0.25) is 5.82 Å². The molecule has 0 aliphatic carbocycles. The highest BCUT2D eigenvalue weighted by Crippen LogP contribution is 2.26. The fourth-order valence-electron chi connectivity index (χ4n) is 2.41. The monoisotopic (exact) mass is 354 g/mol. The van der Waals surface area contributed by atoms with Crippen LogP contribution in [-0.2, 0) is 0 Å². The van der Waals surface area contributed by atoms with E-state index < -0.39 is 5.91 Å². The van der Waals surface area contributed by atoms with Gasteiger partial charge >= 0.3 is 5.91 Å². The van der Waals surface area contributed by atoms with Crippen molar-refractivity contribution in [2.45, 2.75) is 13.8 Å². The number of rotatable bonds is 5. The maximum absolute atomic E-state index is 12.2. The number of nitrogens with one attached hydrogen (secondary N) is 1. The van der Waals surface area contributed by atoms with Crippen LogP contribution in [0.25, 0.3) is 5.78 Å². The Bertz CT molecular complexity index is 996. The van der Waals surface area contributed by atoms with Crippen LogP contribution in [0.15, 0.2) is 29.4 Å². The van der Waals surface area contributed by atoms with E-state index in [1.807, 2.05) is 19.9 Å². The van der Waals surface area contributed by atoms with Gasteiger partial charge in [-0.25, -0.2) is 14.9 Å². The zero-order chi connectivity index (χ0) is 18.7. The van der Waals surface area contributed by atoms with Gasteiger partial charge in [0, 0.05) is 11.4 Å². The standard InChI is InChI=1S/C17H18N6O3/c1-10-7-11(2)23-17(19-10)20-15(22-23)16(24)21-18-9-12-5-6-13(25-3)14(8-12)26-4/h5-9H,1-4H3,(H,21,24)/b18-9-. The number of ether oxygens (including phenoxy) is 2. The van der Waals surface area contributed by atoms with Crippen LogP contribution in [0.2, 0.25) is 0 Å². The Kier molecular flexibility index (Phi) is 4.78. The van der Waals surface area contributed by atoms with Gasteiger partial charge in [-0.3, -0.25) is 4.79 Å². The Morgan fingerprint density at radius 3 is 2.65 bits per heavy atom. The Labute approximate surface area is 149 Å². The van der Waals surface area contributed by atoms with Gasteiger partial charge in [-0.05, 0) is 43.7 Å². The molecule has 0 spiro atoms. The van der Waals surface area contributed by atoms with Gasteiger partial charge in [0.25, 0.3) is 5.78 Å². The number of hydrogen-bond acceptors (Lipinski definition) is 7. The molecule has 0 radical (unpaired) electrons. The molecular weight excluding hydrogens is 336 g/mol. The fraction of sp³-hybridized carbons (Fsp3) is 0.235. The molecule has 0 saturated heterocycles. The van der Waals surface area contributed by atoms with Gasteiger partial charge in [0.05, 0.1) is 20.4 Å². The Morgan fingerprint density at radius 2 is 1.92 bits per heavy atom. The van der Waals surface area contributed by atoms with Crippen LogP contribution >= 0.6 is 0 Å². The molecule has 26 heavy (non-hydrogen) atoms. The minimum atomic E-state index is -0.524. The molecule has 3 aromatic rings. The topological polar surface area (TPSA) is 103 Å². The van der Waals surface area contributed by atoms with E-state index in [-0.39, 0.29) is 5.82 Å². The Hall–Kier alpha value is -3.49. The third kappa shape index (κ3) is 3.46. The molecule has 9 heteroatoms. The van der Waals surface area contributed by atoms with Crippen molar-refractivity contribution in [2.75, 3.05) is 14.2 Å². The summed E-state index contributed by atoms with van der Waals surface area (Å²) in [4.78, 5) is 20.6. The van der Waals surface area contributed by atoms with E-state index in [4.69, 9.17) is 9.47 Å². The number of aryl methyl sites for hydroxylation is 2. The number of methoxy groups -OCH3 is 2. The number of amides is 1. The summed E-state index contributed by atoms with van der Waals surface area (Å²) in [5.41, 5.74) is 4.78. The lowest BCUT2D eigenvalue weighted by atomic mass is 10.2. The first-order valence-electron chi connectivity index (χ1n) is 7.78. The van der Waals surface area contributed by atoms with Crippen molar-refractivity contribution in [2.24, 2.45) is 5.10 Å². The molecule has 3 rings (SSSR count). The summed E-state index contributed by atoms with van der Waals surface area (Å²) in [5, 5.41) is 8.08. The van der Waals surface area contributed by atoms with Crippen molar-refractivity contribution in [3.63, 3.8) is 0 Å². The number of hydrogen-bond donors (Lipinski definition) is 1. The van der Waals surface area contributed by atoms with E-state index >= 15 is 0 Å². The molecule has 1 N–H and O–H groups in total. The van der Waals surface area contributed by atoms with Gasteiger partial charge in [-0.2, -0.15) is 10.1 Å². The second kappa shape index (κ2) is 7.18. The van der Waals surface area contributed by atoms with Gasteiger partial charge < -0.3 is 9.47 Å². The Morgan fingerprint density at radius 1 is 1.15 bits per heavy atom. The summed E-state index contributed by atoms with van der Waals surface area (Å²) in [6.45, 7) is 3.72. The van der Waals surface area contributed by atoms with Gasteiger partial charge in [0.15, 0.2) is 11.5 Å². The minimum Gasteiger partial charge on any atom is -0.493 e. The third-order valence-corrected chi connectivity index (χ3v) is 3.61. The summed E-state index contributed by atoms with van der Waals surface area (Å²) in [6.07, 6.45) is 1.49. The number of benzene rings is 1. The normalized spacial score (nSPS) is 11.1. The molecule has 0 aliphatic rings. The van der Waals surface area contributed by atoms with Crippen molar-refractivity contribution in [1.82, 2.24) is 25.0 Å². The average Bonchev–Trinajstić information content (AvgIpc) is 3.06. The number of fused-ring (bicyclic) bond motifs is 1. The van der Waals surface area contributed by atoms with Gasteiger partial charge in [0.1, 0.15) is 0 Å².